The van der Waals surface area contributed by atoms with Gasteiger partial charge in [0, 0.05) is 0 Å². The van der Waals surface area contributed by atoms with Crippen LogP contribution in [0.2, 0.25) is 0 Å². The van der Waals surface area contributed by atoms with Crippen molar-refractivity contribution in [1.82, 2.24) is 0 Å². The number of rotatable bonds is 10. The fourth-order valence-corrected chi connectivity index (χ4v) is 2.40. The van der Waals surface area contributed by atoms with E-state index in [-0.39, 0.29) is 0 Å². The van der Waals surface area contributed by atoms with Gasteiger partial charge in [-0.05, 0) is 62.1 Å². The first-order valence-electron chi connectivity index (χ1n) is 8.33. The number of hydrogen-bond donors (Lipinski definition) is 0. The van der Waals surface area contributed by atoms with Crippen LogP contribution >= 0.6 is 0 Å². The summed E-state index contributed by atoms with van der Waals surface area (Å²) in [7, 11) is 0. The first-order valence-corrected chi connectivity index (χ1v) is 8.33. The Morgan fingerprint density at radius 2 is 1.17 bits per heavy atom. The lowest BCUT2D eigenvalue weighted by atomic mass is 10.1. The fraction of sp³-hybridized carbons (Fsp3) is 0.400. The highest BCUT2D eigenvalue weighted by Gasteiger charge is 1.99. The largest absolute Gasteiger partial charge is 0.494 e. The second kappa shape index (κ2) is 9.90. The molecule has 0 N–H and O–H groups in total. The van der Waals surface area contributed by atoms with E-state index in [4.69, 9.17) is 14.2 Å². The minimum Gasteiger partial charge on any atom is -0.494 e. The molecule has 0 aliphatic rings. The van der Waals surface area contributed by atoms with E-state index in [1.165, 1.54) is 11.1 Å². The van der Waals surface area contributed by atoms with E-state index in [0.717, 1.165) is 37.6 Å². The quantitative estimate of drug-likeness (QED) is 0.612. The summed E-state index contributed by atoms with van der Waals surface area (Å²) in [5, 5.41) is 0. The first-order chi connectivity index (χ1) is 11.3. The van der Waals surface area contributed by atoms with Crippen LogP contribution in [-0.2, 0) is 17.6 Å². The van der Waals surface area contributed by atoms with Crippen LogP contribution < -0.4 is 9.47 Å². The Balaban J connectivity index is 1.69. The molecule has 0 saturated heterocycles. The molecule has 0 fully saturated rings. The molecule has 0 amide bonds. The van der Waals surface area contributed by atoms with E-state index >= 15 is 0 Å². The molecule has 0 saturated carbocycles. The van der Waals surface area contributed by atoms with Gasteiger partial charge in [0.25, 0.3) is 0 Å². The summed E-state index contributed by atoms with van der Waals surface area (Å²) in [6.45, 7) is 6.83. The molecule has 3 nitrogen and oxygen atoms in total. The van der Waals surface area contributed by atoms with Crippen molar-refractivity contribution in [3.05, 3.63) is 59.7 Å². The molecule has 0 unspecified atom stereocenters. The van der Waals surface area contributed by atoms with Crippen molar-refractivity contribution in [2.45, 2.75) is 26.7 Å². The van der Waals surface area contributed by atoms with Crippen molar-refractivity contribution in [3.8, 4) is 11.5 Å². The van der Waals surface area contributed by atoms with Gasteiger partial charge < -0.3 is 14.2 Å². The molecule has 0 heterocycles. The number of hydrogen-bond acceptors (Lipinski definition) is 3. The van der Waals surface area contributed by atoms with Crippen molar-refractivity contribution < 1.29 is 14.2 Å². The predicted octanol–water partition coefficient (Wildman–Crippen LogP) is 4.29. The van der Waals surface area contributed by atoms with E-state index < -0.39 is 0 Å². The molecule has 124 valence electrons. The van der Waals surface area contributed by atoms with Crippen molar-refractivity contribution in [1.29, 1.82) is 0 Å². The van der Waals surface area contributed by atoms with Crippen LogP contribution in [0.5, 0.6) is 11.5 Å². The van der Waals surface area contributed by atoms with Gasteiger partial charge in [0.15, 0.2) is 0 Å². The molecule has 2 aromatic carbocycles. The lowest BCUT2D eigenvalue weighted by Crippen LogP contribution is -2.03. The normalized spacial score (nSPS) is 10.5. The van der Waals surface area contributed by atoms with Crippen LogP contribution in [0.1, 0.15) is 25.0 Å². The monoisotopic (exact) mass is 314 g/mol. The highest BCUT2D eigenvalue weighted by Crippen LogP contribution is 2.15. The third kappa shape index (κ3) is 6.33. The zero-order valence-corrected chi connectivity index (χ0v) is 14.1. The van der Waals surface area contributed by atoms with E-state index in [1.807, 2.05) is 38.1 Å². The molecule has 2 aromatic rings. The van der Waals surface area contributed by atoms with E-state index in [0.29, 0.717) is 13.2 Å². The molecule has 3 heteroatoms. The Morgan fingerprint density at radius 1 is 0.696 bits per heavy atom. The summed E-state index contributed by atoms with van der Waals surface area (Å²) < 4.78 is 16.8. The third-order valence-electron chi connectivity index (χ3n) is 3.49. The Kier molecular flexibility index (Phi) is 7.47. The van der Waals surface area contributed by atoms with Gasteiger partial charge in [-0.2, -0.15) is 0 Å². The SMILES string of the molecule is CCOc1cccc(CCOCCc2cccc(OCC)c2)c1. The number of ether oxygens (including phenoxy) is 3. The second-order valence-corrected chi connectivity index (χ2v) is 5.27. The van der Waals surface area contributed by atoms with E-state index in [9.17, 15) is 0 Å². The second-order valence-electron chi connectivity index (χ2n) is 5.27. The standard InChI is InChI=1S/C20H26O3/c1-3-22-19-9-5-7-17(15-19)11-13-21-14-12-18-8-6-10-20(16-18)23-4-2/h5-10,15-16H,3-4,11-14H2,1-2H3. The molecule has 0 spiro atoms. The van der Waals surface area contributed by atoms with E-state index in [1.54, 1.807) is 0 Å². The van der Waals surface area contributed by atoms with Crippen molar-refractivity contribution >= 4 is 0 Å². The lowest BCUT2D eigenvalue weighted by Gasteiger charge is -2.08. The van der Waals surface area contributed by atoms with Gasteiger partial charge in [0.05, 0.1) is 26.4 Å². The summed E-state index contributed by atoms with van der Waals surface area (Å²) in [5.41, 5.74) is 2.49. The maximum atomic E-state index is 5.76. The fourth-order valence-electron chi connectivity index (χ4n) is 2.40. The van der Waals surface area contributed by atoms with Crippen LogP contribution in [0.3, 0.4) is 0 Å². The first kappa shape index (κ1) is 17.4. The summed E-state index contributed by atoms with van der Waals surface area (Å²) >= 11 is 0. The summed E-state index contributed by atoms with van der Waals surface area (Å²) in [5.74, 6) is 1.86. The molecule has 0 aliphatic heterocycles. The van der Waals surface area contributed by atoms with Gasteiger partial charge in [0.1, 0.15) is 11.5 Å². The third-order valence-corrected chi connectivity index (χ3v) is 3.49. The van der Waals surface area contributed by atoms with Gasteiger partial charge in [-0.1, -0.05) is 24.3 Å². The van der Waals surface area contributed by atoms with Crippen LogP contribution in [-0.4, -0.2) is 26.4 Å². The van der Waals surface area contributed by atoms with Gasteiger partial charge in [-0.15, -0.1) is 0 Å². The Morgan fingerprint density at radius 3 is 1.61 bits per heavy atom. The van der Waals surface area contributed by atoms with Gasteiger partial charge in [-0.25, -0.2) is 0 Å². The smallest absolute Gasteiger partial charge is 0.119 e. The highest BCUT2D eigenvalue weighted by molar-refractivity contribution is 5.29. The summed E-state index contributed by atoms with van der Waals surface area (Å²) in [6, 6.07) is 16.4. The Hall–Kier alpha value is -2.00. The van der Waals surface area contributed by atoms with Crippen LogP contribution in [0.25, 0.3) is 0 Å². The van der Waals surface area contributed by atoms with Crippen LogP contribution in [0.4, 0.5) is 0 Å². The molecular formula is C20H26O3. The molecule has 23 heavy (non-hydrogen) atoms. The minimum atomic E-state index is 0.695. The highest BCUT2D eigenvalue weighted by atomic mass is 16.5. The molecule has 0 radical (unpaired) electrons. The Labute approximate surface area is 139 Å². The predicted molar refractivity (Wildman–Crippen MR) is 93.4 cm³/mol. The average molecular weight is 314 g/mol. The summed E-state index contributed by atoms with van der Waals surface area (Å²) in [6.07, 6.45) is 1.81. The molecule has 0 aliphatic carbocycles. The zero-order chi connectivity index (χ0) is 16.3. The Bertz CT molecular complexity index is 529. The van der Waals surface area contributed by atoms with Gasteiger partial charge in [0.2, 0.25) is 0 Å². The maximum absolute atomic E-state index is 5.76. The molecule has 0 bridgehead atoms. The van der Waals surface area contributed by atoms with Gasteiger partial charge >= 0.3 is 0 Å². The minimum absolute atomic E-state index is 0.695. The van der Waals surface area contributed by atoms with Crippen molar-refractivity contribution in [2.75, 3.05) is 26.4 Å². The maximum Gasteiger partial charge on any atom is 0.119 e. The van der Waals surface area contributed by atoms with Crippen LogP contribution in [0, 0.1) is 0 Å². The van der Waals surface area contributed by atoms with Crippen molar-refractivity contribution in [3.63, 3.8) is 0 Å². The van der Waals surface area contributed by atoms with Gasteiger partial charge in [-0.3, -0.25) is 0 Å². The number of benzene rings is 2. The van der Waals surface area contributed by atoms with E-state index in [2.05, 4.69) is 24.3 Å². The molecule has 0 aromatic heterocycles. The molecule has 2 rings (SSSR count). The zero-order valence-electron chi connectivity index (χ0n) is 14.1. The molecule has 0 atom stereocenters. The molecular weight excluding hydrogens is 288 g/mol. The summed E-state index contributed by atoms with van der Waals surface area (Å²) in [4.78, 5) is 0. The lowest BCUT2D eigenvalue weighted by molar-refractivity contribution is 0.140. The van der Waals surface area contributed by atoms with Crippen molar-refractivity contribution in [2.24, 2.45) is 0 Å². The van der Waals surface area contributed by atoms with Crippen LogP contribution in [0.15, 0.2) is 48.5 Å². The average Bonchev–Trinajstić information content (AvgIpc) is 2.56. The topological polar surface area (TPSA) is 27.7 Å².